The normalized spacial score (nSPS) is 10.1. The van der Waals surface area contributed by atoms with Crippen molar-refractivity contribution in [3.8, 4) is 0 Å². The van der Waals surface area contributed by atoms with E-state index >= 15 is 0 Å². The number of carbonyl (C=O) groups is 1. The van der Waals surface area contributed by atoms with Crippen molar-refractivity contribution in [2.45, 2.75) is 6.92 Å². The van der Waals surface area contributed by atoms with E-state index in [9.17, 15) is 4.79 Å². The van der Waals surface area contributed by atoms with Crippen molar-refractivity contribution in [1.82, 2.24) is 9.97 Å². The van der Waals surface area contributed by atoms with Gasteiger partial charge in [0.15, 0.2) is 0 Å². The molecule has 0 radical (unpaired) electrons. The quantitative estimate of drug-likeness (QED) is 0.891. The summed E-state index contributed by atoms with van der Waals surface area (Å²) in [6.07, 6.45) is 1.64. The van der Waals surface area contributed by atoms with Gasteiger partial charge < -0.3 is 10.4 Å². The highest BCUT2D eigenvalue weighted by Crippen LogP contribution is 2.23. The number of aromatic nitrogens is 2. The van der Waals surface area contributed by atoms with Gasteiger partial charge in [0.05, 0.1) is 10.6 Å². The molecular weight excluding hydrogens is 254 g/mol. The molecule has 2 N–H and O–H groups in total. The largest absolute Gasteiger partial charge is 0.478 e. The van der Waals surface area contributed by atoms with Gasteiger partial charge in [0.2, 0.25) is 0 Å². The molecule has 2 rings (SSSR count). The molecule has 1 heterocycles. The Balaban J connectivity index is 2.25. The molecule has 2 aromatic rings. The minimum absolute atomic E-state index is 0.0704. The third kappa shape index (κ3) is 2.75. The summed E-state index contributed by atoms with van der Waals surface area (Å²) in [4.78, 5) is 19.0. The van der Waals surface area contributed by atoms with Crippen molar-refractivity contribution < 1.29 is 9.90 Å². The predicted molar refractivity (Wildman–Crippen MR) is 68.5 cm³/mol. The van der Waals surface area contributed by atoms with Crippen LogP contribution in [0.3, 0.4) is 0 Å². The fraction of sp³-hybridized carbons (Fsp3) is 0.0833. The Kier molecular flexibility index (Phi) is 3.43. The van der Waals surface area contributed by atoms with Crippen molar-refractivity contribution >= 4 is 29.1 Å². The maximum Gasteiger partial charge on any atom is 0.337 e. The Bertz CT molecular complexity index is 602. The van der Waals surface area contributed by atoms with Crippen LogP contribution in [0, 0.1) is 6.92 Å². The number of carboxylic acid groups (broad SMARTS) is 1. The average molecular weight is 264 g/mol. The van der Waals surface area contributed by atoms with Crippen LogP contribution < -0.4 is 5.32 Å². The highest BCUT2D eigenvalue weighted by molar-refractivity contribution is 6.33. The minimum atomic E-state index is -1.05. The summed E-state index contributed by atoms with van der Waals surface area (Å²) < 4.78 is 0. The number of hydrogen-bond donors (Lipinski definition) is 2. The first-order valence-electron chi connectivity index (χ1n) is 5.16. The smallest absolute Gasteiger partial charge is 0.337 e. The van der Waals surface area contributed by atoms with Crippen LogP contribution in [0.5, 0.6) is 0 Å². The van der Waals surface area contributed by atoms with Gasteiger partial charge in [-0.05, 0) is 31.2 Å². The predicted octanol–water partition coefficient (Wildman–Crippen LogP) is 2.88. The van der Waals surface area contributed by atoms with E-state index in [0.29, 0.717) is 17.3 Å². The molecule has 0 aliphatic carbocycles. The van der Waals surface area contributed by atoms with Crippen molar-refractivity contribution in [1.29, 1.82) is 0 Å². The van der Waals surface area contributed by atoms with E-state index in [1.54, 1.807) is 31.3 Å². The van der Waals surface area contributed by atoms with Crippen LogP contribution in [-0.2, 0) is 0 Å². The van der Waals surface area contributed by atoms with Gasteiger partial charge in [-0.15, -0.1) is 0 Å². The number of anilines is 2. The van der Waals surface area contributed by atoms with Crippen LogP contribution in [0.15, 0.2) is 30.5 Å². The lowest BCUT2D eigenvalue weighted by Gasteiger charge is -2.07. The summed E-state index contributed by atoms with van der Waals surface area (Å²) >= 11 is 5.87. The second-order valence-corrected chi connectivity index (χ2v) is 4.02. The van der Waals surface area contributed by atoms with Gasteiger partial charge in [-0.1, -0.05) is 11.6 Å². The maximum atomic E-state index is 10.8. The molecule has 1 aromatic carbocycles. The molecule has 0 aliphatic rings. The Labute approximate surface area is 108 Å². The van der Waals surface area contributed by atoms with Gasteiger partial charge in [0, 0.05) is 11.9 Å². The van der Waals surface area contributed by atoms with Gasteiger partial charge >= 0.3 is 5.97 Å². The summed E-state index contributed by atoms with van der Waals surface area (Å²) in [7, 11) is 0. The third-order valence-corrected chi connectivity index (χ3v) is 2.56. The summed E-state index contributed by atoms with van der Waals surface area (Å²) in [5, 5.41) is 12.1. The first kappa shape index (κ1) is 12.3. The van der Waals surface area contributed by atoms with E-state index < -0.39 is 5.97 Å². The molecule has 0 aliphatic heterocycles. The number of nitrogens with zero attached hydrogens (tertiary/aromatic N) is 2. The van der Waals surface area contributed by atoms with Crippen molar-refractivity contribution in [3.05, 3.63) is 46.9 Å². The van der Waals surface area contributed by atoms with Gasteiger partial charge in [-0.3, -0.25) is 0 Å². The molecular formula is C12H10ClN3O2. The average Bonchev–Trinajstić information content (AvgIpc) is 2.28. The van der Waals surface area contributed by atoms with Crippen LogP contribution in [0.2, 0.25) is 5.02 Å². The molecule has 0 bridgehead atoms. The second kappa shape index (κ2) is 5.01. The number of carboxylic acids is 1. The second-order valence-electron chi connectivity index (χ2n) is 3.61. The number of aryl methyl sites for hydroxylation is 1. The van der Waals surface area contributed by atoms with Gasteiger partial charge in [-0.25, -0.2) is 14.8 Å². The Hall–Kier alpha value is -2.14. The first-order valence-corrected chi connectivity index (χ1v) is 5.53. The lowest BCUT2D eigenvalue weighted by Crippen LogP contribution is -2.00. The first-order chi connectivity index (χ1) is 8.56. The number of benzene rings is 1. The van der Waals surface area contributed by atoms with E-state index in [4.69, 9.17) is 16.7 Å². The monoisotopic (exact) mass is 263 g/mol. The van der Waals surface area contributed by atoms with Gasteiger partial charge in [-0.2, -0.15) is 0 Å². The standard InChI is InChI=1S/C12H10ClN3O2/c1-7-14-5-4-11(15-7)16-8-2-3-9(12(17)18)10(13)6-8/h2-6H,1H3,(H,17,18)(H,14,15,16). The molecule has 0 amide bonds. The Morgan fingerprint density at radius 1 is 1.39 bits per heavy atom. The highest BCUT2D eigenvalue weighted by atomic mass is 35.5. The topological polar surface area (TPSA) is 75.1 Å². The molecule has 92 valence electrons. The summed E-state index contributed by atoms with van der Waals surface area (Å²) in [5.74, 6) is 0.222. The highest BCUT2D eigenvalue weighted by Gasteiger charge is 2.09. The molecule has 0 atom stereocenters. The van der Waals surface area contributed by atoms with E-state index in [1.807, 2.05) is 0 Å². The van der Waals surface area contributed by atoms with E-state index in [2.05, 4.69) is 15.3 Å². The van der Waals surface area contributed by atoms with Crippen LogP contribution in [-0.4, -0.2) is 21.0 Å². The van der Waals surface area contributed by atoms with E-state index in [1.165, 1.54) is 6.07 Å². The molecule has 1 aromatic heterocycles. The molecule has 18 heavy (non-hydrogen) atoms. The molecule has 0 unspecified atom stereocenters. The summed E-state index contributed by atoms with van der Waals surface area (Å²) in [6, 6.07) is 6.34. The van der Waals surface area contributed by atoms with Gasteiger partial charge in [0.25, 0.3) is 0 Å². The summed E-state index contributed by atoms with van der Waals surface area (Å²) in [5.41, 5.74) is 0.740. The maximum absolute atomic E-state index is 10.8. The number of aromatic carboxylic acids is 1. The lowest BCUT2D eigenvalue weighted by molar-refractivity contribution is 0.0697. The number of halogens is 1. The molecule has 0 spiro atoms. The fourth-order valence-electron chi connectivity index (χ4n) is 1.44. The van der Waals surface area contributed by atoms with Crippen molar-refractivity contribution in [3.63, 3.8) is 0 Å². The lowest BCUT2D eigenvalue weighted by atomic mass is 10.2. The van der Waals surface area contributed by atoms with E-state index in [0.717, 1.165) is 0 Å². The minimum Gasteiger partial charge on any atom is -0.478 e. The summed E-state index contributed by atoms with van der Waals surface area (Å²) in [6.45, 7) is 1.78. The molecule has 0 fully saturated rings. The van der Waals surface area contributed by atoms with Crippen LogP contribution in [0.25, 0.3) is 0 Å². The van der Waals surface area contributed by atoms with Crippen LogP contribution >= 0.6 is 11.6 Å². The van der Waals surface area contributed by atoms with E-state index in [-0.39, 0.29) is 10.6 Å². The van der Waals surface area contributed by atoms with Crippen LogP contribution in [0.1, 0.15) is 16.2 Å². The number of hydrogen-bond acceptors (Lipinski definition) is 4. The zero-order chi connectivity index (χ0) is 13.1. The molecule has 5 nitrogen and oxygen atoms in total. The van der Waals surface area contributed by atoms with Gasteiger partial charge in [0.1, 0.15) is 11.6 Å². The fourth-order valence-corrected chi connectivity index (χ4v) is 1.70. The number of nitrogens with one attached hydrogen (secondary N) is 1. The zero-order valence-corrected chi connectivity index (χ0v) is 10.3. The van der Waals surface area contributed by atoms with Crippen molar-refractivity contribution in [2.75, 3.05) is 5.32 Å². The number of rotatable bonds is 3. The Morgan fingerprint density at radius 3 is 2.78 bits per heavy atom. The van der Waals surface area contributed by atoms with Crippen LogP contribution in [0.4, 0.5) is 11.5 Å². The molecule has 6 heteroatoms. The third-order valence-electron chi connectivity index (χ3n) is 2.25. The molecule has 0 saturated carbocycles. The van der Waals surface area contributed by atoms with Crippen molar-refractivity contribution in [2.24, 2.45) is 0 Å². The molecule has 0 saturated heterocycles. The zero-order valence-electron chi connectivity index (χ0n) is 9.51. The SMILES string of the molecule is Cc1nccc(Nc2ccc(C(=O)O)c(Cl)c2)n1. The Morgan fingerprint density at radius 2 is 2.17 bits per heavy atom.